The molecule has 1 aliphatic carbocycles. The Morgan fingerprint density at radius 2 is 1.70 bits per heavy atom. The number of carbonyl (C=O) groups is 3. The lowest BCUT2D eigenvalue weighted by atomic mass is 10.0. The fourth-order valence-corrected chi connectivity index (χ4v) is 2.53. The minimum Gasteiger partial charge on any atom is -0.481 e. The van der Waals surface area contributed by atoms with Crippen molar-refractivity contribution in [3.8, 4) is 0 Å². The van der Waals surface area contributed by atoms with Crippen LogP contribution in [0.25, 0.3) is 0 Å². The predicted molar refractivity (Wildman–Crippen MR) is 72.0 cm³/mol. The Kier molecular flexibility index (Phi) is 4.98. The highest BCUT2D eigenvalue weighted by atomic mass is 16.4. The Morgan fingerprint density at radius 3 is 2.25 bits per heavy atom. The number of aliphatic carboxylic acids is 1. The summed E-state index contributed by atoms with van der Waals surface area (Å²) < 4.78 is 0. The standard InChI is InChI=1S/C14H22N2O4/c17-12(2-1-3-13(18)19)15-11-6-8-16(9-7-11)14(20)10-4-5-10/h10-11H,1-9H2,(H,15,17)(H,18,19). The summed E-state index contributed by atoms with van der Waals surface area (Å²) in [5.74, 6) is -0.420. The predicted octanol–water partition coefficient (Wildman–Crippen LogP) is 0.759. The van der Waals surface area contributed by atoms with Crippen molar-refractivity contribution in [1.82, 2.24) is 10.2 Å². The molecule has 6 heteroatoms. The average Bonchev–Trinajstić information content (AvgIpc) is 3.22. The second kappa shape index (κ2) is 6.72. The van der Waals surface area contributed by atoms with Gasteiger partial charge in [0, 0.05) is 37.9 Å². The van der Waals surface area contributed by atoms with E-state index >= 15 is 0 Å². The molecule has 2 amide bonds. The first-order chi connectivity index (χ1) is 9.56. The van der Waals surface area contributed by atoms with E-state index in [-0.39, 0.29) is 36.6 Å². The minimum absolute atomic E-state index is 0.0295. The maximum absolute atomic E-state index is 11.9. The first-order valence-electron chi connectivity index (χ1n) is 7.36. The van der Waals surface area contributed by atoms with E-state index in [1.165, 1.54) is 0 Å². The average molecular weight is 282 g/mol. The molecule has 20 heavy (non-hydrogen) atoms. The molecular weight excluding hydrogens is 260 g/mol. The Morgan fingerprint density at radius 1 is 1.05 bits per heavy atom. The summed E-state index contributed by atoms with van der Waals surface area (Å²) in [6.07, 6.45) is 4.31. The highest BCUT2D eigenvalue weighted by Crippen LogP contribution is 2.31. The van der Waals surface area contributed by atoms with E-state index in [4.69, 9.17) is 5.11 Å². The molecule has 2 aliphatic rings. The van der Waals surface area contributed by atoms with Crippen LogP contribution in [-0.2, 0) is 14.4 Å². The number of piperidine rings is 1. The lowest BCUT2D eigenvalue weighted by Gasteiger charge is -2.32. The lowest BCUT2D eigenvalue weighted by molar-refractivity contribution is -0.137. The zero-order chi connectivity index (χ0) is 14.5. The Bertz CT molecular complexity index is 385. The van der Waals surface area contributed by atoms with Crippen LogP contribution in [0.5, 0.6) is 0 Å². The number of likely N-dealkylation sites (tertiary alicyclic amines) is 1. The van der Waals surface area contributed by atoms with Crippen molar-refractivity contribution in [2.24, 2.45) is 5.92 Å². The van der Waals surface area contributed by atoms with E-state index in [1.807, 2.05) is 4.90 Å². The van der Waals surface area contributed by atoms with Gasteiger partial charge >= 0.3 is 5.97 Å². The molecule has 0 spiro atoms. The summed E-state index contributed by atoms with van der Waals surface area (Å²) in [4.78, 5) is 35.8. The SMILES string of the molecule is O=C(O)CCCC(=O)NC1CCN(C(=O)C2CC2)CC1. The number of carbonyl (C=O) groups excluding carboxylic acids is 2. The maximum Gasteiger partial charge on any atom is 0.303 e. The van der Waals surface area contributed by atoms with E-state index in [0.717, 1.165) is 38.8 Å². The van der Waals surface area contributed by atoms with Crippen LogP contribution in [-0.4, -0.2) is 46.9 Å². The van der Waals surface area contributed by atoms with Crippen LogP contribution >= 0.6 is 0 Å². The zero-order valence-corrected chi connectivity index (χ0v) is 11.6. The molecule has 2 N–H and O–H groups in total. The molecule has 0 unspecified atom stereocenters. The third-order valence-electron chi connectivity index (χ3n) is 3.89. The molecule has 0 bridgehead atoms. The van der Waals surface area contributed by atoms with Gasteiger partial charge in [0.1, 0.15) is 0 Å². The molecule has 0 radical (unpaired) electrons. The number of amides is 2. The molecule has 6 nitrogen and oxygen atoms in total. The largest absolute Gasteiger partial charge is 0.481 e. The summed E-state index contributed by atoms with van der Waals surface area (Å²) in [5, 5.41) is 11.4. The quantitative estimate of drug-likeness (QED) is 0.753. The van der Waals surface area contributed by atoms with Crippen LogP contribution < -0.4 is 5.32 Å². The Labute approximate surface area is 118 Å². The van der Waals surface area contributed by atoms with Crippen molar-refractivity contribution < 1.29 is 19.5 Å². The van der Waals surface area contributed by atoms with Gasteiger partial charge in [-0.3, -0.25) is 14.4 Å². The molecule has 0 aromatic rings. The molecule has 1 saturated carbocycles. The van der Waals surface area contributed by atoms with E-state index in [9.17, 15) is 14.4 Å². The third kappa shape index (κ3) is 4.51. The van der Waals surface area contributed by atoms with Gasteiger partial charge in [-0.15, -0.1) is 0 Å². The molecule has 0 aromatic carbocycles. The summed E-state index contributed by atoms with van der Waals surface area (Å²) in [6.45, 7) is 1.44. The van der Waals surface area contributed by atoms with E-state index in [0.29, 0.717) is 6.42 Å². The Hall–Kier alpha value is -1.59. The minimum atomic E-state index is -0.871. The first kappa shape index (κ1) is 14.8. The van der Waals surface area contributed by atoms with Gasteiger partial charge in [-0.25, -0.2) is 0 Å². The van der Waals surface area contributed by atoms with Crippen LogP contribution in [0.15, 0.2) is 0 Å². The number of carboxylic acids is 1. The molecule has 0 aromatic heterocycles. The number of hydrogen-bond acceptors (Lipinski definition) is 3. The molecule has 2 rings (SSSR count). The molecule has 2 fully saturated rings. The maximum atomic E-state index is 11.9. The highest BCUT2D eigenvalue weighted by molar-refractivity contribution is 5.81. The van der Waals surface area contributed by atoms with Crippen molar-refractivity contribution in [1.29, 1.82) is 0 Å². The van der Waals surface area contributed by atoms with Gasteiger partial charge in [0.05, 0.1) is 0 Å². The summed E-state index contributed by atoms with van der Waals surface area (Å²) >= 11 is 0. The number of rotatable bonds is 6. The van der Waals surface area contributed by atoms with Gasteiger partial charge in [0.2, 0.25) is 11.8 Å². The second-order valence-electron chi connectivity index (χ2n) is 5.69. The van der Waals surface area contributed by atoms with Gasteiger partial charge in [0.15, 0.2) is 0 Å². The normalized spacial score (nSPS) is 19.7. The van der Waals surface area contributed by atoms with Gasteiger partial charge in [-0.05, 0) is 32.1 Å². The summed E-state index contributed by atoms with van der Waals surface area (Å²) in [7, 11) is 0. The first-order valence-corrected chi connectivity index (χ1v) is 7.36. The topological polar surface area (TPSA) is 86.7 Å². The molecular formula is C14H22N2O4. The van der Waals surface area contributed by atoms with Crippen molar-refractivity contribution >= 4 is 17.8 Å². The second-order valence-corrected chi connectivity index (χ2v) is 5.69. The van der Waals surface area contributed by atoms with Crippen LogP contribution in [0, 0.1) is 5.92 Å². The molecule has 0 atom stereocenters. The fraction of sp³-hybridized carbons (Fsp3) is 0.786. The number of hydrogen-bond donors (Lipinski definition) is 2. The number of carboxylic acid groups (broad SMARTS) is 1. The van der Waals surface area contributed by atoms with Crippen LogP contribution in [0.3, 0.4) is 0 Å². The fourth-order valence-electron chi connectivity index (χ4n) is 2.53. The summed E-state index contributed by atoms with van der Waals surface area (Å²) in [6, 6.07) is 0.121. The highest BCUT2D eigenvalue weighted by Gasteiger charge is 2.34. The zero-order valence-electron chi connectivity index (χ0n) is 11.6. The van der Waals surface area contributed by atoms with Crippen LogP contribution in [0.4, 0.5) is 0 Å². The smallest absolute Gasteiger partial charge is 0.303 e. The summed E-state index contributed by atoms with van der Waals surface area (Å²) in [5.41, 5.74) is 0. The molecule has 1 heterocycles. The van der Waals surface area contributed by atoms with Crippen molar-refractivity contribution in [2.75, 3.05) is 13.1 Å². The Balaban J connectivity index is 1.62. The molecule has 1 aliphatic heterocycles. The third-order valence-corrected chi connectivity index (χ3v) is 3.89. The molecule has 112 valence electrons. The van der Waals surface area contributed by atoms with E-state index < -0.39 is 5.97 Å². The lowest BCUT2D eigenvalue weighted by Crippen LogP contribution is -2.46. The van der Waals surface area contributed by atoms with E-state index in [2.05, 4.69) is 5.32 Å². The van der Waals surface area contributed by atoms with Crippen molar-refractivity contribution in [2.45, 2.75) is 51.0 Å². The molecule has 1 saturated heterocycles. The number of nitrogens with one attached hydrogen (secondary N) is 1. The van der Waals surface area contributed by atoms with Gasteiger partial charge in [-0.1, -0.05) is 0 Å². The monoisotopic (exact) mass is 282 g/mol. The van der Waals surface area contributed by atoms with Crippen molar-refractivity contribution in [3.05, 3.63) is 0 Å². The van der Waals surface area contributed by atoms with Gasteiger partial charge < -0.3 is 15.3 Å². The number of nitrogens with zero attached hydrogens (tertiary/aromatic N) is 1. The van der Waals surface area contributed by atoms with Crippen molar-refractivity contribution in [3.63, 3.8) is 0 Å². The van der Waals surface area contributed by atoms with Crippen LogP contribution in [0.1, 0.15) is 44.9 Å². The van der Waals surface area contributed by atoms with Crippen LogP contribution in [0.2, 0.25) is 0 Å². The van der Waals surface area contributed by atoms with Gasteiger partial charge in [-0.2, -0.15) is 0 Å². The van der Waals surface area contributed by atoms with E-state index in [1.54, 1.807) is 0 Å². The van der Waals surface area contributed by atoms with Gasteiger partial charge in [0.25, 0.3) is 0 Å².